The van der Waals surface area contributed by atoms with Gasteiger partial charge in [0.2, 0.25) is 5.91 Å². The molecule has 3 nitrogen and oxygen atoms in total. The number of nitrogens with zero attached hydrogens (tertiary/aromatic N) is 1. The summed E-state index contributed by atoms with van der Waals surface area (Å²) in [6.07, 6.45) is 0. The molecule has 74 valence electrons. The van der Waals surface area contributed by atoms with Crippen molar-refractivity contribution in [2.24, 2.45) is 0 Å². The van der Waals surface area contributed by atoms with Gasteiger partial charge in [0, 0.05) is 11.9 Å². The fraction of sp³-hybridized carbons (Fsp3) is 0.300. The first-order valence-corrected chi connectivity index (χ1v) is 4.73. The van der Waals surface area contributed by atoms with Crippen molar-refractivity contribution in [1.29, 1.82) is 0 Å². The monoisotopic (exact) mass is 211 g/mol. The average molecular weight is 212 g/mol. The van der Waals surface area contributed by atoms with Gasteiger partial charge in [0.05, 0.1) is 6.54 Å². The summed E-state index contributed by atoms with van der Waals surface area (Å²) < 4.78 is 0. The van der Waals surface area contributed by atoms with Crippen molar-refractivity contribution in [3.63, 3.8) is 0 Å². The summed E-state index contributed by atoms with van der Waals surface area (Å²) in [6, 6.07) is 5.62. The lowest BCUT2D eigenvalue weighted by Gasteiger charge is -2.27. The number of rotatable bonds is 0. The van der Waals surface area contributed by atoms with E-state index < -0.39 is 0 Å². The van der Waals surface area contributed by atoms with Crippen molar-refractivity contribution in [3.8, 4) is 0 Å². The molecule has 1 amide bonds. The minimum atomic E-state index is -0.0781. The second kappa shape index (κ2) is 3.59. The van der Waals surface area contributed by atoms with Crippen LogP contribution in [0, 0.1) is 0 Å². The normalized spacial score (nSPS) is 15.1. The summed E-state index contributed by atoms with van der Waals surface area (Å²) in [5.41, 5.74) is 2.14. The van der Waals surface area contributed by atoms with Crippen LogP contribution in [0.15, 0.2) is 18.2 Å². The zero-order chi connectivity index (χ0) is 10.1. The van der Waals surface area contributed by atoms with Crippen molar-refractivity contribution >= 4 is 17.5 Å². The second-order valence-corrected chi connectivity index (χ2v) is 3.68. The molecule has 1 aromatic rings. The third-order valence-electron chi connectivity index (χ3n) is 2.21. The van der Waals surface area contributed by atoms with Gasteiger partial charge in [-0.2, -0.15) is 0 Å². The van der Waals surface area contributed by atoms with E-state index in [-0.39, 0.29) is 5.91 Å². The molecule has 1 heterocycles. The molecule has 14 heavy (non-hydrogen) atoms. The van der Waals surface area contributed by atoms with Gasteiger partial charge < -0.3 is 0 Å². The predicted molar refractivity (Wildman–Crippen MR) is 52.5 cm³/mol. The Morgan fingerprint density at radius 2 is 2.29 bits per heavy atom. The van der Waals surface area contributed by atoms with Crippen LogP contribution in [0.4, 0.5) is 0 Å². The van der Waals surface area contributed by atoms with E-state index in [0.29, 0.717) is 18.2 Å². The van der Waals surface area contributed by atoms with Crippen molar-refractivity contribution in [2.75, 3.05) is 0 Å². The first kappa shape index (κ1) is 9.49. The van der Waals surface area contributed by atoms with Gasteiger partial charge >= 0.3 is 0 Å². The highest BCUT2D eigenvalue weighted by Crippen LogP contribution is 2.23. The molecule has 0 unspecified atom stereocenters. The summed E-state index contributed by atoms with van der Waals surface area (Å²) in [5.74, 6) is -0.0781. The van der Waals surface area contributed by atoms with Crippen molar-refractivity contribution < 1.29 is 9.63 Å². The van der Waals surface area contributed by atoms with E-state index in [1.54, 1.807) is 0 Å². The number of fused-ring (bicyclic) bond motifs is 1. The fourth-order valence-electron chi connectivity index (χ4n) is 1.43. The third-order valence-corrected chi connectivity index (χ3v) is 2.44. The van der Waals surface area contributed by atoms with Crippen LogP contribution in [0.3, 0.4) is 0 Å². The smallest absolute Gasteiger partial charge is 0.243 e. The molecular weight excluding hydrogens is 202 g/mol. The Kier molecular flexibility index (Phi) is 2.44. The number of hydroxylamine groups is 2. The minimum Gasteiger partial charge on any atom is -0.273 e. The van der Waals surface area contributed by atoms with Crippen LogP contribution in [-0.4, -0.2) is 11.0 Å². The summed E-state index contributed by atoms with van der Waals surface area (Å²) in [4.78, 5) is 16.3. The van der Waals surface area contributed by atoms with Crippen LogP contribution < -0.4 is 0 Å². The molecule has 1 aliphatic heterocycles. The zero-order valence-corrected chi connectivity index (χ0v) is 8.54. The Balaban J connectivity index is 2.27. The highest BCUT2D eigenvalue weighted by Gasteiger charge is 2.18. The van der Waals surface area contributed by atoms with Crippen molar-refractivity contribution in [1.82, 2.24) is 5.06 Å². The van der Waals surface area contributed by atoms with Crippen LogP contribution in [0.25, 0.3) is 0 Å². The lowest BCUT2D eigenvalue weighted by Crippen LogP contribution is -2.32. The molecular formula is C10H10ClNO2. The maximum absolute atomic E-state index is 11.1. The summed E-state index contributed by atoms with van der Waals surface area (Å²) in [6.45, 7) is 2.40. The topological polar surface area (TPSA) is 29.5 Å². The number of carbonyl (C=O) groups is 1. The van der Waals surface area contributed by atoms with Gasteiger partial charge in [0.15, 0.2) is 0 Å². The molecule has 0 saturated heterocycles. The number of hydrogen-bond acceptors (Lipinski definition) is 2. The first-order chi connectivity index (χ1) is 6.66. The van der Waals surface area contributed by atoms with Gasteiger partial charge in [-0.15, -0.1) is 0 Å². The Bertz CT molecular complexity index is 378. The van der Waals surface area contributed by atoms with Gasteiger partial charge in [-0.05, 0) is 23.3 Å². The standard InChI is InChI=1S/C10H10ClNO2/c1-7(13)12-5-8-2-3-10(11)4-9(8)6-14-12/h2-4H,5-6H2,1H3. The van der Waals surface area contributed by atoms with Gasteiger partial charge in [0.25, 0.3) is 0 Å². The van der Waals surface area contributed by atoms with Crippen LogP contribution in [0.5, 0.6) is 0 Å². The number of amides is 1. The van der Waals surface area contributed by atoms with Gasteiger partial charge in [0.1, 0.15) is 6.61 Å². The molecule has 0 aliphatic carbocycles. The van der Waals surface area contributed by atoms with E-state index in [1.807, 2.05) is 18.2 Å². The van der Waals surface area contributed by atoms with Gasteiger partial charge in [-0.1, -0.05) is 17.7 Å². The molecule has 0 saturated carbocycles. The van der Waals surface area contributed by atoms with Crippen molar-refractivity contribution in [2.45, 2.75) is 20.1 Å². The molecule has 0 fully saturated rings. The molecule has 2 rings (SSSR count). The molecule has 0 bridgehead atoms. The van der Waals surface area contributed by atoms with Gasteiger partial charge in [-0.3, -0.25) is 9.63 Å². The molecule has 0 N–H and O–H groups in total. The molecule has 0 atom stereocenters. The molecule has 1 aromatic carbocycles. The number of halogens is 1. The molecule has 0 aromatic heterocycles. The Labute approximate surface area is 87.2 Å². The van der Waals surface area contributed by atoms with E-state index >= 15 is 0 Å². The Morgan fingerprint density at radius 3 is 3.00 bits per heavy atom. The molecule has 0 radical (unpaired) electrons. The van der Waals surface area contributed by atoms with E-state index in [1.165, 1.54) is 12.0 Å². The maximum atomic E-state index is 11.1. The third kappa shape index (κ3) is 1.74. The fourth-order valence-corrected chi connectivity index (χ4v) is 1.63. The lowest BCUT2D eigenvalue weighted by atomic mass is 10.1. The van der Waals surface area contributed by atoms with E-state index in [0.717, 1.165) is 11.1 Å². The van der Waals surface area contributed by atoms with Crippen LogP contribution in [-0.2, 0) is 22.8 Å². The lowest BCUT2D eigenvalue weighted by molar-refractivity contribution is -0.198. The second-order valence-electron chi connectivity index (χ2n) is 3.24. The molecule has 0 spiro atoms. The molecule has 1 aliphatic rings. The largest absolute Gasteiger partial charge is 0.273 e. The Morgan fingerprint density at radius 1 is 1.50 bits per heavy atom. The summed E-state index contributed by atoms with van der Waals surface area (Å²) in [7, 11) is 0. The molecule has 4 heteroatoms. The van der Waals surface area contributed by atoms with Crippen LogP contribution >= 0.6 is 11.6 Å². The van der Waals surface area contributed by atoms with E-state index in [9.17, 15) is 4.79 Å². The van der Waals surface area contributed by atoms with Gasteiger partial charge in [-0.25, -0.2) is 5.06 Å². The van der Waals surface area contributed by atoms with Crippen molar-refractivity contribution in [3.05, 3.63) is 34.3 Å². The SMILES string of the molecule is CC(=O)N1Cc2ccc(Cl)cc2CO1. The quantitative estimate of drug-likeness (QED) is 0.658. The first-order valence-electron chi connectivity index (χ1n) is 4.35. The highest BCUT2D eigenvalue weighted by atomic mass is 35.5. The van der Waals surface area contributed by atoms with E-state index in [4.69, 9.17) is 16.4 Å². The number of hydrogen-bond donors (Lipinski definition) is 0. The minimum absolute atomic E-state index is 0.0781. The zero-order valence-electron chi connectivity index (χ0n) is 7.79. The number of benzene rings is 1. The summed E-state index contributed by atoms with van der Waals surface area (Å²) >= 11 is 5.84. The predicted octanol–water partition coefficient (Wildman–Crippen LogP) is 2.13. The maximum Gasteiger partial charge on any atom is 0.243 e. The van der Waals surface area contributed by atoms with Crippen LogP contribution in [0.2, 0.25) is 5.02 Å². The van der Waals surface area contributed by atoms with E-state index in [2.05, 4.69) is 0 Å². The van der Waals surface area contributed by atoms with Crippen LogP contribution in [0.1, 0.15) is 18.1 Å². The number of carbonyl (C=O) groups excluding carboxylic acids is 1. The Hall–Kier alpha value is -1.06. The average Bonchev–Trinajstić information content (AvgIpc) is 2.16. The summed E-state index contributed by atoms with van der Waals surface area (Å²) in [5, 5.41) is 2.06. The highest BCUT2D eigenvalue weighted by molar-refractivity contribution is 6.30.